The minimum atomic E-state index is -0.554. The maximum Gasteiger partial charge on any atom is 0.160 e. The zero-order valence-corrected chi connectivity index (χ0v) is 7.69. The fourth-order valence-electron chi connectivity index (χ4n) is 1.39. The van der Waals surface area contributed by atoms with Crippen LogP contribution >= 0.6 is 0 Å². The van der Waals surface area contributed by atoms with E-state index in [9.17, 15) is 5.11 Å². The van der Waals surface area contributed by atoms with Gasteiger partial charge in [0.1, 0.15) is 6.10 Å². The monoisotopic (exact) mass is 176 g/mol. The van der Waals surface area contributed by atoms with Gasteiger partial charge in [0.15, 0.2) is 6.29 Å². The first-order valence-electron chi connectivity index (χ1n) is 4.08. The summed E-state index contributed by atoms with van der Waals surface area (Å²) in [5, 5.41) is 9.55. The van der Waals surface area contributed by atoms with Crippen LogP contribution in [-0.2, 0) is 14.2 Å². The van der Waals surface area contributed by atoms with Gasteiger partial charge in [-0.25, -0.2) is 0 Å². The van der Waals surface area contributed by atoms with Gasteiger partial charge >= 0.3 is 0 Å². The predicted molar refractivity (Wildman–Crippen MR) is 42.8 cm³/mol. The Labute approximate surface area is 72.4 Å². The van der Waals surface area contributed by atoms with E-state index in [2.05, 4.69) is 0 Å². The van der Waals surface area contributed by atoms with E-state index in [0.717, 1.165) is 0 Å². The highest BCUT2D eigenvalue weighted by Crippen LogP contribution is 2.22. The zero-order valence-electron chi connectivity index (χ0n) is 7.69. The first kappa shape index (κ1) is 9.92. The van der Waals surface area contributed by atoms with Gasteiger partial charge in [0.25, 0.3) is 0 Å². The quantitative estimate of drug-likeness (QED) is 0.650. The third kappa shape index (κ3) is 1.95. The van der Waals surface area contributed by atoms with Crippen LogP contribution in [0.25, 0.3) is 0 Å². The molecule has 0 amide bonds. The summed E-state index contributed by atoms with van der Waals surface area (Å²) in [5.41, 5.74) is 0. The second-order valence-electron chi connectivity index (χ2n) is 3.01. The number of methoxy groups -OCH3 is 2. The summed E-state index contributed by atoms with van der Waals surface area (Å²) >= 11 is 0. The molecule has 0 aliphatic carbocycles. The lowest BCUT2D eigenvalue weighted by Gasteiger charge is -2.36. The van der Waals surface area contributed by atoms with E-state index in [1.165, 1.54) is 0 Å². The minimum Gasteiger partial charge on any atom is -0.388 e. The molecule has 1 N–H and O–H groups in total. The molecule has 0 radical (unpaired) electrons. The van der Waals surface area contributed by atoms with Crippen molar-refractivity contribution >= 4 is 0 Å². The van der Waals surface area contributed by atoms with E-state index < -0.39 is 6.10 Å². The van der Waals surface area contributed by atoms with Crippen LogP contribution in [0.3, 0.4) is 0 Å². The van der Waals surface area contributed by atoms with Crippen LogP contribution in [0.4, 0.5) is 0 Å². The van der Waals surface area contributed by atoms with E-state index in [0.29, 0.717) is 6.42 Å². The number of aliphatic hydroxyl groups excluding tert-OH is 1. The van der Waals surface area contributed by atoms with Gasteiger partial charge in [-0.05, 0) is 6.92 Å². The minimum absolute atomic E-state index is 0.182. The molecular formula is C8H16O4. The van der Waals surface area contributed by atoms with Crippen molar-refractivity contribution in [3.05, 3.63) is 0 Å². The van der Waals surface area contributed by atoms with E-state index in [1.54, 1.807) is 14.2 Å². The molecule has 0 aromatic heterocycles. The first-order chi connectivity index (χ1) is 5.69. The van der Waals surface area contributed by atoms with Crippen LogP contribution in [0, 0.1) is 0 Å². The van der Waals surface area contributed by atoms with Crippen LogP contribution in [0.2, 0.25) is 0 Å². The van der Waals surface area contributed by atoms with Crippen molar-refractivity contribution in [1.82, 2.24) is 0 Å². The molecule has 4 atom stereocenters. The number of rotatable bonds is 2. The molecule has 0 bridgehead atoms. The molecule has 1 saturated heterocycles. The lowest BCUT2D eigenvalue weighted by Crippen LogP contribution is -2.48. The molecule has 12 heavy (non-hydrogen) atoms. The Bertz CT molecular complexity index is 139. The molecule has 1 aliphatic rings. The number of aliphatic hydroxyl groups is 1. The van der Waals surface area contributed by atoms with Crippen LogP contribution in [0.15, 0.2) is 0 Å². The molecule has 4 heteroatoms. The van der Waals surface area contributed by atoms with E-state index in [1.807, 2.05) is 6.92 Å². The molecular weight excluding hydrogens is 160 g/mol. The number of ether oxygens (including phenoxy) is 3. The highest BCUT2D eigenvalue weighted by atomic mass is 16.7. The second-order valence-corrected chi connectivity index (χ2v) is 3.01. The van der Waals surface area contributed by atoms with Crippen molar-refractivity contribution in [3.8, 4) is 0 Å². The molecule has 1 heterocycles. The molecule has 1 fully saturated rings. The Hall–Kier alpha value is -0.160. The molecule has 72 valence electrons. The van der Waals surface area contributed by atoms with E-state index in [-0.39, 0.29) is 18.5 Å². The van der Waals surface area contributed by atoms with E-state index in [4.69, 9.17) is 14.2 Å². The van der Waals surface area contributed by atoms with Gasteiger partial charge in [-0.15, -0.1) is 0 Å². The lowest BCUT2D eigenvalue weighted by molar-refractivity contribution is -0.241. The Morgan fingerprint density at radius 3 is 2.50 bits per heavy atom. The third-order valence-corrected chi connectivity index (χ3v) is 2.22. The Kier molecular flexibility index (Phi) is 3.46. The summed E-state index contributed by atoms with van der Waals surface area (Å²) < 4.78 is 15.5. The van der Waals surface area contributed by atoms with Gasteiger partial charge in [-0.3, -0.25) is 0 Å². The molecule has 4 nitrogen and oxygen atoms in total. The zero-order chi connectivity index (χ0) is 9.14. The highest BCUT2D eigenvalue weighted by molar-refractivity contribution is 4.80. The molecule has 0 saturated carbocycles. The number of hydrogen-bond donors (Lipinski definition) is 1. The molecule has 1 aliphatic heterocycles. The average Bonchev–Trinajstić information content (AvgIpc) is 2.09. The molecule has 0 aromatic rings. The van der Waals surface area contributed by atoms with Crippen molar-refractivity contribution in [2.24, 2.45) is 0 Å². The standard InChI is InChI=1S/C8H16O4/c1-5-8(9)6(10-2)4-7(11-3)12-5/h5-9H,4H2,1-3H3/t5?,6-,7-,8+/m1/s1. The maximum atomic E-state index is 9.55. The fraction of sp³-hybridized carbons (Fsp3) is 1.00. The SMILES string of the molecule is CO[C@H]1C[C@@H](OC)[C@@H](O)C(C)O1. The Balaban J connectivity index is 2.52. The Morgan fingerprint density at radius 1 is 1.33 bits per heavy atom. The van der Waals surface area contributed by atoms with Crippen LogP contribution < -0.4 is 0 Å². The van der Waals surface area contributed by atoms with Gasteiger partial charge in [0.2, 0.25) is 0 Å². The summed E-state index contributed by atoms with van der Waals surface area (Å²) in [6, 6.07) is 0. The van der Waals surface area contributed by atoms with Crippen molar-refractivity contribution < 1.29 is 19.3 Å². The van der Waals surface area contributed by atoms with Crippen LogP contribution in [0.5, 0.6) is 0 Å². The summed E-state index contributed by atoms with van der Waals surface area (Å²) in [4.78, 5) is 0. The highest BCUT2D eigenvalue weighted by Gasteiger charge is 2.35. The topological polar surface area (TPSA) is 47.9 Å². The first-order valence-corrected chi connectivity index (χ1v) is 4.08. The fourth-order valence-corrected chi connectivity index (χ4v) is 1.39. The second kappa shape index (κ2) is 4.18. The number of hydrogen-bond acceptors (Lipinski definition) is 4. The largest absolute Gasteiger partial charge is 0.388 e. The lowest BCUT2D eigenvalue weighted by atomic mass is 10.0. The van der Waals surface area contributed by atoms with Gasteiger partial charge in [0.05, 0.1) is 12.2 Å². The normalized spacial score (nSPS) is 43.0. The molecule has 1 unspecified atom stereocenters. The van der Waals surface area contributed by atoms with Gasteiger partial charge < -0.3 is 19.3 Å². The molecule has 1 rings (SSSR count). The molecule has 0 spiro atoms. The summed E-state index contributed by atoms with van der Waals surface area (Å²) in [6.07, 6.45) is -0.638. The Morgan fingerprint density at radius 2 is 2.00 bits per heavy atom. The average molecular weight is 176 g/mol. The summed E-state index contributed by atoms with van der Waals surface area (Å²) in [5.74, 6) is 0. The molecule has 0 aromatic carbocycles. The maximum absolute atomic E-state index is 9.55. The smallest absolute Gasteiger partial charge is 0.160 e. The summed E-state index contributed by atoms with van der Waals surface area (Å²) in [7, 11) is 3.17. The van der Waals surface area contributed by atoms with Crippen LogP contribution in [0.1, 0.15) is 13.3 Å². The van der Waals surface area contributed by atoms with Crippen molar-refractivity contribution in [1.29, 1.82) is 0 Å². The van der Waals surface area contributed by atoms with Crippen molar-refractivity contribution in [3.63, 3.8) is 0 Å². The predicted octanol–water partition coefficient (Wildman–Crippen LogP) is 0.144. The third-order valence-electron chi connectivity index (χ3n) is 2.22. The summed E-state index contributed by atoms with van der Waals surface area (Å²) in [6.45, 7) is 1.81. The van der Waals surface area contributed by atoms with Gasteiger partial charge in [0, 0.05) is 20.6 Å². The van der Waals surface area contributed by atoms with Gasteiger partial charge in [-0.1, -0.05) is 0 Å². The van der Waals surface area contributed by atoms with E-state index >= 15 is 0 Å². The van der Waals surface area contributed by atoms with Crippen molar-refractivity contribution in [2.75, 3.05) is 14.2 Å². The van der Waals surface area contributed by atoms with Crippen LogP contribution in [-0.4, -0.2) is 43.9 Å². The van der Waals surface area contributed by atoms with Crippen molar-refractivity contribution in [2.45, 2.75) is 37.9 Å². The van der Waals surface area contributed by atoms with Gasteiger partial charge in [-0.2, -0.15) is 0 Å².